The highest BCUT2D eigenvalue weighted by molar-refractivity contribution is 6.18. The van der Waals surface area contributed by atoms with Crippen LogP contribution in [0.3, 0.4) is 0 Å². The highest BCUT2D eigenvalue weighted by Crippen LogP contribution is 2.33. The number of fused-ring (bicyclic) bond motifs is 1. The molecule has 0 spiro atoms. The van der Waals surface area contributed by atoms with Crippen LogP contribution in [0, 0.1) is 0 Å². The molecule has 4 N–H and O–H groups in total. The Balaban J connectivity index is 1.73. The molecule has 2 aliphatic heterocycles. The van der Waals surface area contributed by atoms with Gasteiger partial charge in [-0.1, -0.05) is 30.3 Å². The lowest BCUT2D eigenvalue weighted by molar-refractivity contribution is -0.336. The topological polar surface area (TPSA) is 109 Å². The second-order valence-electron chi connectivity index (χ2n) is 5.85. The number of carbonyl (C=O) groups excluding carboxylic acids is 1. The van der Waals surface area contributed by atoms with Crippen LogP contribution < -0.4 is 10.6 Å². The third kappa shape index (κ3) is 4.22. The molecule has 25 heavy (non-hydrogen) atoms. The van der Waals surface area contributed by atoms with E-state index in [0.717, 1.165) is 5.56 Å². The number of hydrogen-bond acceptors (Lipinski definition) is 6. The van der Waals surface area contributed by atoms with Gasteiger partial charge in [-0.05, 0) is 0 Å². The number of alkyl halides is 1. The van der Waals surface area contributed by atoms with Gasteiger partial charge < -0.3 is 35.1 Å². The molecule has 2 heterocycles. The number of rotatable bonds is 4. The van der Waals surface area contributed by atoms with Crippen LogP contribution in [-0.2, 0) is 14.2 Å². The molecule has 2 fully saturated rings. The lowest BCUT2D eigenvalue weighted by atomic mass is 9.95. The van der Waals surface area contributed by atoms with Crippen LogP contribution in [-0.4, -0.2) is 65.9 Å². The predicted molar refractivity (Wildman–Crippen MR) is 87.9 cm³/mol. The lowest BCUT2D eigenvalue weighted by Crippen LogP contribution is -2.67. The first-order valence-corrected chi connectivity index (χ1v) is 8.57. The first-order valence-electron chi connectivity index (χ1n) is 8.04. The minimum absolute atomic E-state index is 0.162. The average molecular weight is 373 g/mol. The number of hydrogen-bond donors (Lipinski definition) is 4. The van der Waals surface area contributed by atoms with E-state index in [9.17, 15) is 15.0 Å². The van der Waals surface area contributed by atoms with Gasteiger partial charge in [0.25, 0.3) is 0 Å². The second kappa shape index (κ2) is 8.31. The van der Waals surface area contributed by atoms with Crippen LogP contribution in [0.5, 0.6) is 0 Å². The summed E-state index contributed by atoms with van der Waals surface area (Å²) >= 11 is 5.54. The number of nitrogens with one attached hydrogen (secondary N) is 2. The molecule has 9 heteroatoms. The minimum Gasteiger partial charge on any atom is -0.386 e. The van der Waals surface area contributed by atoms with Crippen LogP contribution in [0.2, 0.25) is 0 Å². The van der Waals surface area contributed by atoms with Crippen LogP contribution in [0.25, 0.3) is 0 Å². The summed E-state index contributed by atoms with van der Waals surface area (Å²) in [5.74, 6) is 0.263. The van der Waals surface area contributed by atoms with Crippen LogP contribution in [0.1, 0.15) is 11.9 Å². The quantitative estimate of drug-likeness (QED) is 0.558. The predicted octanol–water partition coefficient (Wildman–Crippen LogP) is 0.0853. The van der Waals surface area contributed by atoms with E-state index in [2.05, 4.69) is 10.6 Å². The SMILES string of the molecule is O=C(NCCCl)N[C@H]1[C@@H](O)[C@@H](O)O[C@@H]2COC(c3ccccc3)O[C@@H]12. The van der Waals surface area contributed by atoms with Gasteiger partial charge in [0.15, 0.2) is 12.6 Å². The standard InChI is InChI=1S/C16H21ClN2O6/c17-6-7-18-16(22)19-11-12(20)14(21)24-10-8-23-15(25-13(10)11)9-4-2-1-3-5-9/h1-5,10-15,20-21H,6-8H2,(H2,18,19,22)/t10-,11+,12-,13-,14+,15?/m1/s1. The normalized spacial score (nSPS) is 34.8. The van der Waals surface area contributed by atoms with Gasteiger partial charge >= 0.3 is 6.03 Å². The minimum atomic E-state index is -1.44. The zero-order chi connectivity index (χ0) is 17.8. The van der Waals surface area contributed by atoms with E-state index in [1.54, 1.807) is 0 Å². The molecule has 1 aromatic carbocycles. The third-order valence-corrected chi connectivity index (χ3v) is 4.33. The van der Waals surface area contributed by atoms with E-state index in [4.69, 9.17) is 25.8 Å². The number of amides is 2. The summed E-state index contributed by atoms with van der Waals surface area (Å²) in [4.78, 5) is 11.9. The maximum absolute atomic E-state index is 11.9. The molecule has 2 aliphatic rings. The number of benzene rings is 1. The second-order valence-corrected chi connectivity index (χ2v) is 6.23. The van der Waals surface area contributed by atoms with E-state index in [-0.39, 0.29) is 19.0 Å². The van der Waals surface area contributed by atoms with Crippen molar-refractivity contribution in [1.29, 1.82) is 0 Å². The molecule has 0 aromatic heterocycles. The first kappa shape index (κ1) is 18.4. The molecule has 6 atom stereocenters. The van der Waals surface area contributed by atoms with Gasteiger partial charge in [0.1, 0.15) is 18.3 Å². The maximum atomic E-state index is 11.9. The van der Waals surface area contributed by atoms with E-state index in [1.807, 2.05) is 30.3 Å². The van der Waals surface area contributed by atoms with Gasteiger partial charge in [-0.3, -0.25) is 0 Å². The Labute approximate surface area is 150 Å². The van der Waals surface area contributed by atoms with Gasteiger partial charge in [-0.15, -0.1) is 11.6 Å². The number of aliphatic hydroxyl groups is 2. The summed E-state index contributed by atoms with van der Waals surface area (Å²) in [6, 6.07) is 7.94. The molecule has 3 rings (SSSR count). The average Bonchev–Trinajstić information content (AvgIpc) is 2.64. The van der Waals surface area contributed by atoms with Gasteiger partial charge in [0.2, 0.25) is 0 Å². The van der Waals surface area contributed by atoms with Gasteiger partial charge in [-0.2, -0.15) is 0 Å². The number of halogens is 1. The number of urea groups is 1. The van der Waals surface area contributed by atoms with Crippen LogP contribution in [0.4, 0.5) is 4.79 Å². The van der Waals surface area contributed by atoms with Crippen molar-refractivity contribution in [3.05, 3.63) is 35.9 Å². The van der Waals surface area contributed by atoms with Crippen molar-refractivity contribution < 1.29 is 29.2 Å². The Morgan fingerprint density at radius 1 is 1.24 bits per heavy atom. The van der Waals surface area contributed by atoms with Crippen molar-refractivity contribution in [2.45, 2.75) is 36.9 Å². The highest BCUT2D eigenvalue weighted by Gasteiger charge is 2.49. The molecule has 2 amide bonds. The van der Waals surface area contributed by atoms with Crippen molar-refractivity contribution in [2.24, 2.45) is 0 Å². The summed E-state index contributed by atoms with van der Waals surface area (Å²) in [5, 5.41) is 25.3. The number of ether oxygens (including phenoxy) is 3. The van der Waals surface area contributed by atoms with E-state index in [0.29, 0.717) is 0 Å². The van der Waals surface area contributed by atoms with Crippen molar-refractivity contribution >= 4 is 17.6 Å². The fraction of sp³-hybridized carbons (Fsp3) is 0.562. The Bertz CT molecular complexity index is 577. The molecule has 1 aromatic rings. The fourth-order valence-electron chi connectivity index (χ4n) is 2.93. The summed E-state index contributed by atoms with van der Waals surface area (Å²) in [6.07, 6.45) is -4.72. The smallest absolute Gasteiger partial charge is 0.315 e. The summed E-state index contributed by atoms with van der Waals surface area (Å²) in [7, 11) is 0. The number of aliphatic hydroxyl groups excluding tert-OH is 2. The Hall–Kier alpha value is -1.42. The van der Waals surface area contributed by atoms with Gasteiger partial charge in [0, 0.05) is 18.0 Å². The van der Waals surface area contributed by atoms with Crippen molar-refractivity contribution in [3.63, 3.8) is 0 Å². The molecule has 0 aliphatic carbocycles. The molecule has 0 saturated carbocycles. The molecule has 138 valence electrons. The zero-order valence-electron chi connectivity index (χ0n) is 13.4. The molecular weight excluding hydrogens is 352 g/mol. The molecular formula is C16H21ClN2O6. The largest absolute Gasteiger partial charge is 0.386 e. The van der Waals surface area contributed by atoms with E-state index < -0.39 is 43.0 Å². The highest BCUT2D eigenvalue weighted by atomic mass is 35.5. The molecule has 0 radical (unpaired) electrons. The van der Waals surface area contributed by atoms with Crippen molar-refractivity contribution in [3.8, 4) is 0 Å². The Morgan fingerprint density at radius 2 is 2.00 bits per heavy atom. The summed E-state index contributed by atoms with van der Waals surface area (Å²) < 4.78 is 16.9. The molecule has 2 saturated heterocycles. The monoisotopic (exact) mass is 372 g/mol. The van der Waals surface area contributed by atoms with Crippen LogP contribution >= 0.6 is 11.6 Å². The van der Waals surface area contributed by atoms with Gasteiger partial charge in [-0.25, -0.2) is 4.79 Å². The molecule has 0 bridgehead atoms. The van der Waals surface area contributed by atoms with E-state index >= 15 is 0 Å². The van der Waals surface area contributed by atoms with Crippen molar-refractivity contribution in [2.75, 3.05) is 19.0 Å². The lowest BCUT2D eigenvalue weighted by Gasteiger charge is -2.47. The zero-order valence-corrected chi connectivity index (χ0v) is 14.1. The summed E-state index contributed by atoms with van der Waals surface area (Å²) in [5.41, 5.74) is 0.812. The Morgan fingerprint density at radius 3 is 2.72 bits per heavy atom. The van der Waals surface area contributed by atoms with Gasteiger partial charge in [0.05, 0.1) is 12.6 Å². The van der Waals surface area contributed by atoms with Crippen molar-refractivity contribution in [1.82, 2.24) is 10.6 Å². The number of carbonyl (C=O) groups is 1. The maximum Gasteiger partial charge on any atom is 0.315 e. The molecule has 1 unspecified atom stereocenters. The van der Waals surface area contributed by atoms with E-state index in [1.165, 1.54) is 0 Å². The fourth-order valence-corrected chi connectivity index (χ4v) is 3.02. The summed E-state index contributed by atoms with van der Waals surface area (Å²) in [6.45, 7) is 0.440. The third-order valence-electron chi connectivity index (χ3n) is 4.14. The first-order chi connectivity index (χ1) is 12.1. The van der Waals surface area contributed by atoms with Crippen LogP contribution in [0.15, 0.2) is 30.3 Å². The Kier molecular flexibility index (Phi) is 6.10. The molecule has 8 nitrogen and oxygen atoms in total.